The maximum absolute atomic E-state index is 12.5. The van der Waals surface area contributed by atoms with Crippen molar-refractivity contribution in [2.24, 2.45) is 11.8 Å². The molecule has 1 aromatic rings. The van der Waals surface area contributed by atoms with Crippen LogP contribution in [0.15, 0.2) is 24.3 Å². The van der Waals surface area contributed by atoms with E-state index in [4.69, 9.17) is 4.74 Å². The normalized spacial score (nSPS) is 25.3. The number of amides is 1. The molecule has 0 aliphatic carbocycles. The predicted molar refractivity (Wildman–Crippen MR) is 83.8 cm³/mol. The van der Waals surface area contributed by atoms with Gasteiger partial charge >= 0.3 is 5.97 Å². The fourth-order valence-electron chi connectivity index (χ4n) is 3.50. The molecule has 0 spiro atoms. The van der Waals surface area contributed by atoms with Gasteiger partial charge in [0.1, 0.15) is 0 Å². The van der Waals surface area contributed by atoms with Crippen LogP contribution in [0.5, 0.6) is 0 Å². The molecule has 0 radical (unpaired) electrons. The zero-order valence-corrected chi connectivity index (χ0v) is 12.9. The summed E-state index contributed by atoms with van der Waals surface area (Å²) in [4.78, 5) is 25.8. The molecule has 5 heteroatoms. The van der Waals surface area contributed by atoms with Gasteiger partial charge in [-0.2, -0.15) is 0 Å². The molecule has 2 atom stereocenters. The third kappa shape index (κ3) is 2.99. The molecule has 1 amide bonds. The molecule has 118 valence electrons. The first-order chi connectivity index (χ1) is 10.7. The Morgan fingerprint density at radius 1 is 1.18 bits per heavy atom. The van der Waals surface area contributed by atoms with Crippen LogP contribution < -0.4 is 10.2 Å². The van der Waals surface area contributed by atoms with Gasteiger partial charge < -0.3 is 15.0 Å². The lowest BCUT2D eigenvalue weighted by Gasteiger charge is -2.37. The summed E-state index contributed by atoms with van der Waals surface area (Å²) >= 11 is 0. The van der Waals surface area contributed by atoms with E-state index < -0.39 is 0 Å². The second kappa shape index (κ2) is 6.48. The van der Waals surface area contributed by atoms with E-state index in [1.54, 1.807) is 12.1 Å². The van der Waals surface area contributed by atoms with Gasteiger partial charge in [-0.1, -0.05) is 0 Å². The Kier molecular flexibility index (Phi) is 4.43. The van der Waals surface area contributed by atoms with Gasteiger partial charge in [-0.15, -0.1) is 0 Å². The molecule has 2 saturated heterocycles. The second-order valence-electron chi connectivity index (χ2n) is 6.09. The van der Waals surface area contributed by atoms with Gasteiger partial charge in [0, 0.05) is 18.7 Å². The summed E-state index contributed by atoms with van der Waals surface area (Å²) in [6.45, 7) is 2.83. The molecule has 1 N–H and O–H groups in total. The molecule has 2 heterocycles. The van der Waals surface area contributed by atoms with Crippen molar-refractivity contribution in [1.82, 2.24) is 5.32 Å². The van der Waals surface area contributed by atoms with Crippen LogP contribution in [-0.2, 0) is 9.53 Å². The third-order valence-electron chi connectivity index (χ3n) is 4.81. The Balaban J connectivity index is 1.76. The van der Waals surface area contributed by atoms with Gasteiger partial charge in [0.05, 0.1) is 12.7 Å². The molecule has 2 aliphatic rings. The topological polar surface area (TPSA) is 58.6 Å². The molecule has 5 nitrogen and oxygen atoms in total. The number of methoxy groups -OCH3 is 1. The number of fused-ring (bicyclic) bond motifs is 1. The van der Waals surface area contributed by atoms with Crippen molar-refractivity contribution >= 4 is 17.6 Å². The van der Waals surface area contributed by atoms with Crippen LogP contribution in [-0.4, -0.2) is 38.6 Å². The summed E-state index contributed by atoms with van der Waals surface area (Å²) in [5.74, 6) is 0.904. The number of anilines is 1. The van der Waals surface area contributed by atoms with E-state index in [1.165, 1.54) is 7.11 Å². The number of nitrogens with one attached hydrogen (secondary N) is 1. The van der Waals surface area contributed by atoms with Crippen molar-refractivity contribution in [1.29, 1.82) is 0 Å². The van der Waals surface area contributed by atoms with E-state index >= 15 is 0 Å². The van der Waals surface area contributed by atoms with Gasteiger partial charge in [-0.25, -0.2) is 4.79 Å². The number of nitrogens with zero attached hydrogens (tertiary/aromatic N) is 1. The maximum atomic E-state index is 12.5. The van der Waals surface area contributed by atoms with Crippen molar-refractivity contribution in [3.63, 3.8) is 0 Å². The highest BCUT2D eigenvalue weighted by Gasteiger charge is 2.35. The largest absolute Gasteiger partial charge is 0.465 e. The van der Waals surface area contributed by atoms with Crippen LogP contribution in [0.1, 0.15) is 29.6 Å². The molecular weight excluding hydrogens is 280 g/mol. The first kappa shape index (κ1) is 15.0. The van der Waals surface area contributed by atoms with E-state index in [9.17, 15) is 9.59 Å². The molecule has 0 saturated carbocycles. The van der Waals surface area contributed by atoms with Crippen LogP contribution in [0.4, 0.5) is 5.69 Å². The summed E-state index contributed by atoms with van der Waals surface area (Å²) < 4.78 is 4.70. The average Bonchev–Trinajstić information content (AvgIpc) is 2.78. The molecule has 2 aliphatic heterocycles. The number of carbonyl (C=O) groups is 2. The minimum absolute atomic E-state index is 0.189. The van der Waals surface area contributed by atoms with Gasteiger partial charge in [-0.3, -0.25) is 4.79 Å². The van der Waals surface area contributed by atoms with Gasteiger partial charge in [0.15, 0.2) is 0 Å². The number of ether oxygens (including phenoxy) is 1. The van der Waals surface area contributed by atoms with Crippen LogP contribution >= 0.6 is 0 Å². The molecule has 0 bridgehead atoms. The fourth-order valence-corrected chi connectivity index (χ4v) is 3.50. The first-order valence-electron chi connectivity index (χ1n) is 7.88. The number of esters is 1. The van der Waals surface area contributed by atoms with Crippen molar-refractivity contribution in [2.45, 2.75) is 19.3 Å². The number of carbonyl (C=O) groups excluding carboxylic acids is 2. The highest BCUT2D eigenvalue weighted by atomic mass is 16.5. The van der Waals surface area contributed by atoms with Crippen molar-refractivity contribution in [3.05, 3.63) is 29.8 Å². The van der Waals surface area contributed by atoms with Crippen LogP contribution in [0.2, 0.25) is 0 Å². The van der Waals surface area contributed by atoms with Crippen LogP contribution in [0.3, 0.4) is 0 Å². The maximum Gasteiger partial charge on any atom is 0.337 e. The molecule has 2 fully saturated rings. The Bertz CT molecular complexity index is 556. The standard InChI is InChI=1S/C17H22N2O3/c1-22-17(21)12-2-4-15(5-3-12)19-11-14-7-9-18-8-6-13(14)10-16(19)20/h2-5,13-14,18H,6-11H2,1H3. The Hall–Kier alpha value is -1.88. The summed E-state index contributed by atoms with van der Waals surface area (Å²) in [5, 5.41) is 3.42. The van der Waals surface area contributed by atoms with Crippen LogP contribution in [0.25, 0.3) is 0 Å². The third-order valence-corrected chi connectivity index (χ3v) is 4.81. The smallest absolute Gasteiger partial charge is 0.337 e. The van der Waals surface area contributed by atoms with Crippen molar-refractivity contribution in [3.8, 4) is 0 Å². The highest BCUT2D eigenvalue weighted by molar-refractivity contribution is 5.95. The Morgan fingerprint density at radius 3 is 2.55 bits per heavy atom. The van der Waals surface area contributed by atoms with Gasteiger partial charge in [-0.05, 0) is 62.0 Å². The lowest BCUT2D eigenvalue weighted by atomic mass is 9.81. The average molecular weight is 302 g/mol. The monoisotopic (exact) mass is 302 g/mol. The van der Waals surface area contributed by atoms with Crippen LogP contribution in [0, 0.1) is 11.8 Å². The summed E-state index contributed by atoms with van der Waals surface area (Å²) in [7, 11) is 1.37. The van der Waals surface area contributed by atoms with E-state index in [-0.39, 0.29) is 11.9 Å². The quantitative estimate of drug-likeness (QED) is 0.847. The number of hydrogen-bond acceptors (Lipinski definition) is 4. The zero-order valence-electron chi connectivity index (χ0n) is 12.9. The fraction of sp³-hybridized carbons (Fsp3) is 0.529. The lowest BCUT2D eigenvalue weighted by Crippen LogP contribution is -2.44. The number of piperidine rings is 1. The molecule has 2 unspecified atom stereocenters. The summed E-state index contributed by atoms with van der Waals surface area (Å²) in [6, 6.07) is 7.10. The second-order valence-corrected chi connectivity index (χ2v) is 6.09. The van der Waals surface area contributed by atoms with E-state index in [0.717, 1.165) is 38.2 Å². The van der Waals surface area contributed by atoms with E-state index in [0.29, 0.717) is 23.8 Å². The summed E-state index contributed by atoms with van der Waals surface area (Å²) in [6.07, 6.45) is 2.84. The number of benzene rings is 1. The van der Waals surface area contributed by atoms with E-state index in [2.05, 4.69) is 5.32 Å². The first-order valence-corrected chi connectivity index (χ1v) is 7.88. The highest BCUT2D eigenvalue weighted by Crippen LogP contribution is 2.33. The number of hydrogen-bond donors (Lipinski definition) is 1. The van der Waals surface area contributed by atoms with E-state index in [1.807, 2.05) is 17.0 Å². The minimum atomic E-state index is -0.355. The Labute approximate surface area is 130 Å². The Morgan fingerprint density at radius 2 is 1.86 bits per heavy atom. The molecule has 0 aromatic heterocycles. The number of rotatable bonds is 2. The van der Waals surface area contributed by atoms with Gasteiger partial charge in [0.2, 0.25) is 5.91 Å². The van der Waals surface area contributed by atoms with Crippen molar-refractivity contribution < 1.29 is 14.3 Å². The van der Waals surface area contributed by atoms with Gasteiger partial charge in [0.25, 0.3) is 0 Å². The summed E-state index contributed by atoms with van der Waals surface area (Å²) in [5.41, 5.74) is 1.38. The molecule has 3 rings (SSSR count). The predicted octanol–water partition coefficient (Wildman–Crippen LogP) is 1.83. The molecule has 22 heavy (non-hydrogen) atoms. The zero-order chi connectivity index (χ0) is 15.5. The van der Waals surface area contributed by atoms with Crippen molar-refractivity contribution in [2.75, 3.05) is 31.6 Å². The lowest BCUT2D eigenvalue weighted by molar-refractivity contribution is -0.121. The minimum Gasteiger partial charge on any atom is -0.465 e. The molecule has 1 aromatic carbocycles. The molecular formula is C17H22N2O3. The SMILES string of the molecule is COC(=O)c1ccc(N2CC3CCNCCC3CC2=O)cc1.